The minimum Gasteiger partial charge on any atom is -0.399 e. The molecule has 2 N–H and O–H groups in total. The van der Waals surface area contributed by atoms with Gasteiger partial charge in [0.1, 0.15) is 0 Å². The summed E-state index contributed by atoms with van der Waals surface area (Å²) < 4.78 is 0. The largest absolute Gasteiger partial charge is 0.399 e. The van der Waals surface area contributed by atoms with Crippen LogP contribution < -0.4 is 10.6 Å². The van der Waals surface area contributed by atoms with Crippen molar-refractivity contribution in [3.05, 3.63) is 23.8 Å². The molecule has 96 valence electrons. The second-order valence-corrected chi connectivity index (χ2v) is 5.96. The van der Waals surface area contributed by atoms with Gasteiger partial charge in [0, 0.05) is 36.5 Å². The van der Waals surface area contributed by atoms with Gasteiger partial charge in [0.25, 0.3) is 0 Å². The van der Waals surface area contributed by atoms with Gasteiger partial charge in [-0.25, -0.2) is 0 Å². The summed E-state index contributed by atoms with van der Waals surface area (Å²) in [5.41, 5.74) is 8.31. The molecular weight excluding hydrogens is 248 g/mol. The molecule has 1 atom stereocenters. The summed E-state index contributed by atoms with van der Waals surface area (Å²) in [6, 6.07) is 5.57. The first-order valence-electron chi connectivity index (χ1n) is 5.81. The van der Waals surface area contributed by atoms with Crippen molar-refractivity contribution in [1.82, 2.24) is 0 Å². The lowest BCUT2D eigenvalue weighted by Crippen LogP contribution is -2.25. The van der Waals surface area contributed by atoms with Gasteiger partial charge in [-0.05, 0) is 30.7 Å². The Morgan fingerprint density at radius 3 is 2.83 bits per heavy atom. The number of hydrogen-bond donors (Lipinski definition) is 1. The van der Waals surface area contributed by atoms with Crippen LogP contribution in [0.5, 0.6) is 0 Å². The van der Waals surface area contributed by atoms with Gasteiger partial charge in [-0.1, -0.05) is 11.8 Å². The third kappa shape index (κ3) is 2.67. The van der Waals surface area contributed by atoms with Crippen LogP contribution in [0.4, 0.5) is 11.4 Å². The lowest BCUT2D eigenvalue weighted by atomic mass is 10.2. The lowest BCUT2D eigenvalue weighted by molar-refractivity contribution is -0.117. The van der Waals surface area contributed by atoms with Crippen LogP contribution in [0.2, 0.25) is 0 Å². The number of carbonyl (C=O) groups is 2. The highest BCUT2D eigenvalue weighted by Crippen LogP contribution is 2.30. The van der Waals surface area contributed by atoms with Gasteiger partial charge in [-0.2, -0.15) is 0 Å². The maximum atomic E-state index is 11.9. The molecule has 0 aromatic heterocycles. The molecule has 1 heterocycles. The molecule has 0 radical (unpaired) electrons. The topological polar surface area (TPSA) is 63.4 Å². The number of amides is 1. The molecule has 5 heteroatoms. The van der Waals surface area contributed by atoms with Gasteiger partial charge in [0.05, 0.1) is 0 Å². The molecule has 1 amide bonds. The number of nitrogens with two attached hydrogens (primary N) is 1. The van der Waals surface area contributed by atoms with Crippen molar-refractivity contribution < 1.29 is 9.59 Å². The van der Waals surface area contributed by atoms with E-state index in [2.05, 4.69) is 0 Å². The maximum Gasteiger partial charge on any atom is 0.228 e. The summed E-state index contributed by atoms with van der Waals surface area (Å²) in [6.07, 6.45) is 0.424. The summed E-state index contributed by atoms with van der Waals surface area (Å²) >= 11 is 1.25. The van der Waals surface area contributed by atoms with Crippen LogP contribution in [0.25, 0.3) is 0 Å². The number of aryl methyl sites for hydroxylation is 1. The zero-order chi connectivity index (χ0) is 13.3. The van der Waals surface area contributed by atoms with E-state index in [4.69, 9.17) is 5.73 Å². The Morgan fingerprint density at radius 2 is 2.22 bits per heavy atom. The molecule has 1 aliphatic rings. The van der Waals surface area contributed by atoms with Gasteiger partial charge in [0.15, 0.2) is 5.12 Å². The van der Waals surface area contributed by atoms with E-state index in [1.807, 2.05) is 25.1 Å². The van der Waals surface area contributed by atoms with Gasteiger partial charge >= 0.3 is 0 Å². The Hall–Kier alpha value is -1.49. The predicted molar refractivity (Wildman–Crippen MR) is 74.6 cm³/mol. The minimum atomic E-state index is 0.0585. The molecule has 4 nitrogen and oxygen atoms in total. The smallest absolute Gasteiger partial charge is 0.228 e. The molecule has 1 fully saturated rings. The first kappa shape index (κ1) is 13.0. The fourth-order valence-electron chi connectivity index (χ4n) is 2.07. The van der Waals surface area contributed by atoms with Crippen molar-refractivity contribution in [3.8, 4) is 0 Å². The summed E-state index contributed by atoms with van der Waals surface area (Å²) in [4.78, 5) is 24.7. The van der Waals surface area contributed by atoms with Gasteiger partial charge in [0.2, 0.25) is 5.91 Å². The number of carbonyl (C=O) groups excluding carboxylic acids is 2. The van der Waals surface area contributed by atoms with Gasteiger partial charge < -0.3 is 10.6 Å². The van der Waals surface area contributed by atoms with Crippen LogP contribution in [0, 0.1) is 6.92 Å². The van der Waals surface area contributed by atoms with Crippen molar-refractivity contribution in [2.45, 2.75) is 25.5 Å². The summed E-state index contributed by atoms with van der Waals surface area (Å²) in [5, 5.41) is 0.121. The first-order chi connectivity index (χ1) is 8.47. The van der Waals surface area contributed by atoms with E-state index in [-0.39, 0.29) is 16.3 Å². The minimum absolute atomic E-state index is 0.0585. The van der Waals surface area contributed by atoms with Crippen LogP contribution in [-0.4, -0.2) is 22.8 Å². The van der Waals surface area contributed by atoms with Gasteiger partial charge in [-0.15, -0.1) is 0 Å². The van der Waals surface area contributed by atoms with E-state index in [0.717, 1.165) is 16.9 Å². The van der Waals surface area contributed by atoms with E-state index in [0.29, 0.717) is 13.0 Å². The number of nitrogen functional groups attached to an aromatic ring is 1. The number of rotatable bonds is 2. The standard InChI is InChI=1S/C13H16N2O2S/c1-8-5-10(3-4-12(8)14)15-7-11(6-13(15)17)18-9(2)16/h3-5,11H,6-7,14H2,1-2H3. The molecule has 1 saturated heterocycles. The average molecular weight is 264 g/mol. The highest BCUT2D eigenvalue weighted by atomic mass is 32.2. The Labute approximate surface area is 111 Å². The van der Waals surface area contributed by atoms with Crippen molar-refractivity contribution in [3.63, 3.8) is 0 Å². The number of nitrogens with zero attached hydrogens (tertiary/aromatic N) is 1. The Kier molecular flexibility index (Phi) is 3.61. The first-order valence-corrected chi connectivity index (χ1v) is 6.69. The molecular formula is C13H16N2O2S. The highest BCUT2D eigenvalue weighted by molar-refractivity contribution is 8.14. The van der Waals surface area contributed by atoms with Crippen molar-refractivity contribution in [2.24, 2.45) is 0 Å². The molecule has 1 aromatic rings. The van der Waals surface area contributed by atoms with E-state index in [9.17, 15) is 9.59 Å². The monoisotopic (exact) mass is 264 g/mol. The lowest BCUT2D eigenvalue weighted by Gasteiger charge is -2.17. The van der Waals surface area contributed by atoms with Crippen molar-refractivity contribution in [2.75, 3.05) is 17.2 Å². The Balaban J connectivity index is 2.16. The average Bonchev–Trinajstić information content (AvgIpc) is 2.62. The molecule has 0 bridgehead atoms. The summed E-state index contributed by atoms with van der Waals surface area (Å²) in [7, 11) is 0. The second kappa shape index (κ2) is 5.02. The maximum absolute atomic E-state index is 11.9. The summed E-state index contributed by atoms with van der Waals surface area (Å²) in [6.45, 7) is 4.04. The van der Waals surface area contributed by atoms with Gasteiger partial charge in [-0.3, -0.25) is 9.59 Å². The molecule has 0 saturated carbocycles. The Bertz CT molecular complexity index is 502. The molecule has 2 rings (SSSR count). The fraction of sp³-hybridized carbons (Fsp3) is 0.385. The normalized spacial score (nSPS) is 19.3. The Morgan fingerprint density at radius 1 is 1.50 bits per heavy atom. The molecule has 1 aliphatic heterocycles. The fourth-order valence-corrected chi connectivity index (χ4v) is 2.98. The zero-order valence-corrected chi connectivity index (χ0v) is 11.3. The van der Waals surface area contributed by atoms with Crippen LogP contribution in [0.15, 0.2) is 18.2 Å². The van der Waals surface area contributed by atoms with E-state index in [1.54, 1.807) is 4.90 Å². The third-order valence-corrected chi connectivity index (χ3v) is 3.97. The molecule has 1 unspecified atom stereocenters. The van der Waals surface area contributed by atoms with E-state index < -0.39 is 0 Å². The second-order valence-electron chi connectivity index (χ2n) is 4.48. The highest BCUT2D eigenvalue weighted by Gasteiger charge is 2.31. The van der Waals surface area contributed by atoms with Crippen LogP contribution in [0.1, 0.15) is 18.9 Å². The number of hydrogen-bond acceptors (Lipinski definition) is 4. The summed E-state index contributed by atoms with van der Waals surface area (Å²) in [5.74, 6) is 0.0675. The van der Waals surface area contributed by atoms with Crippen LogP contribution >= 0.6 is 11.8 Å². The predicted octanol–water partition coefficient (Wildman–Crippen LogP) is 1.96. The van der Waals surface area contributed by atoms with E-state index in [1.165, 1.54) is 18.7 Å². The van der Waals surface area contributed by atoms with Crippen molar-refractivity contribution in [1.29, 1.82) is 0 Å². The zero-order valence-electron chi connectivity index (χ0n) is 10.5. The molecule has 0 spiro atoms. The number of benzene rings is 1. The SMILES string of the molecule is CC(=O)SC1CC(=O)N(c2ccc(N)c(C)c2)C1. The molecule has 0 aliphatic carbocycles. The third-order valence-electron chi connectivity index (χ3n) is 2.99. The number of thioether (sulfide) groups is 1. The number of anilines is 2. The van der Waals surface area contributed by atoms with E-state index >= 15 is 0 Å². The molecule has 18 heavy (non-hydrogen) atoms. The van der Waals surface area contributed by atoms with Crippen molar-refractivity contribution >= 4 is 34.2 Å². The van der Waals surface area contributed by atoms with Crippen LogP contribution in [0.3, 0.4) is 0 Å². The molecule has 1 aromatic carbocycles. The van der Waals surface area contributed by atoms with Crippen LogP contribution in [-0.2, 0) is 9.59 Å². The quantitative estimate of drug-likeness (QED) is 0.829.